The fraction of sp³-hybridized carbons (Fsp3) is 0.727. The lowest BCUT2D eigenvalue weighted by molar-refractivity contribution is -0.116. The summed E-state index contributed by atoms with van der Waals surface area (Å²) in [5.74, 6) is 0.403. The third kappa shape index (κ3) is 5.74. The molecule has 1 amide bonds. The van der Waals surface area contributed by atoms with Crippen LogP contribution in [-0.4, -0.2) is 27.3 Å². The van der Waals surface area contributed by atoms with Crippen LogP contribution in [0.5, 0.6) is 0 Å². The van der Waals surface area contributed by atoms with Gasteiger partial charge in [-0.15, -0.1) is 10.2 Å². The second-order valence-electron chi connectivity index (χ2n) is 4.53. The van der Waals surface area contributed by atoms with Crippen molar-refractivity contribution < 1.29 is 9.90 Å². The molecule has 1 atom stereocenters. The van der Waals surface area contributed by atoms with Crippen molar-refractivity contribution in [2.45, 2.75) is 46.1 Å². The Labute approximate surface area is 105 Å². The fourth-order valence-electron chi connectivity index (χ4n) is 1.26. The lowest BCUT2D eigenvalue weighted by atomic mass is 10.1. The molecule has 2 N–H and O–H groups in total. The molecule has 0 aromatic carbocycles. The molecule has 1 unspecified atom stereocenters. The zero-order valence-electron chi connectivity index (χ0n) is 10.4. The van der Waals surface area contributed by atoms with E-state index >= 15 is 0 Å². The van der Waals surface area contributed by atoms with Crippen LogP contribution in [0.15, 0.2) is 0 Å². The quantitative estimate of drug-likeness (QED) is 0.815. The van der Waals surface area contributed by atoms with Gasteiger partial charge in [0.05, 0.1) is 6.10 Å². The maximum Gasteiger partial charge on any atom is 0.226 e. The molecular weight excluding hydrogens is 238 g/mol. The monoisotopic (exact) mass is 257 g/mol. The number of aliphatic hydroxyl groups is 1. The molecule has 1 rings (SSSR count). The van der Waals surface area contributed by atoms with Gasteiger partial charge in [0.1, 0.15) is 5.01 Å². The third-order valence-corrected chi connectivity index (χ3v) is 2.95. The highest BCUT2D eigenvalue weighted by atomic mass is 32.1. The van der Waals surface area contributed by atoms with Crippen LogP contribution < -0.4 is 5.32 Å². The van der Waals surface area contributed by atoms with Crippen LogP contribution >= 0.6 is 11.3 Å². The zero-order chi connectivity index (χ0) is 12.8. The van der Waals surface area contributed by atoms with Crippen molar-refractivity contribution >= 4 is 22.4 Å². The molecule has 1 aromatic heterocycles. The van der Waals surface area contributed by atoms with Crippen molar-refractivity contribution in [3.05, 3.63) is 5.01 Å². The summed E-state index contributed by atoms with van der Waals surface area (Å²) in [6.45, 7) is 5.89. The molecule has 0 fully saturated rings. The van der Waals surface area contributed by atoms with Gasteiger partial charge in [-0.2, -0.15) is 0 Å². The highest BCUT2D eigenvalue weighted by Gasteiger charge is 2.09. The molecule has 6 heteroatoms. The molecule has 0 radical (unpaired) electrons. The van der Waals surface area contributed by atoms with E-state index in [2.05, 4.69) is 29.4 Å². The van der Waals surface area contributed by atoms with E-state index in [1.54, 1.807) is 6.92 Å². The Kier molecular flexibility index (Phi) is 5.50. The molecule has 1 aromatic rings. The van der Waals surface area contributed by atoms with Gasteiger partial charge >= 0.3 is 0 Å². The lowest BCUT2D eigenvalue weighted by Crippen LogP contribution is -2.13. The molecular formula is C11H19N3O2S. The average Bonchev–Trinajstić information content (AvgIpc) is 2.61. The normalized spacial score (nSPS) is 12.8. The molecule has 0 bridgehead atoms. The zero-order valence-corrected chi connectivity index (χ0v) is 11.3. The van der Waals surface area contributed by atoms with Crippen LogP contribution in [0, 0.1) is 5.92 Å². The number of rotatable bonds is 6. The number of nitrogens with one attached hydrogen (secondary N) is 1. The number of amides is 1. The van der Waals surface area contributed by atoms with E-state index in [4.69, 9.17) is 5.11 Å². The van der Waals surface area contributed by atoms with Gasteiger partial charge < -0.3 is 10.4 Å². The van der Waals surface area contributed by atoms with Gasteiger partial charge in [0.25, 0.3) is 0 Å². The van der Waals surface area contributed by atoms with Crippen LogP contribution in [0.1, 0.15) is 38.6 Å². The SMILES string of the molecule is CC(C)Cc1nnc(NC(=O)CCC(C)O)s1. The number of carbonyl (C=O) groups excluding carboxylic acids is 1. The number of aliphatic hydroxyl groups excluding tert-OH is 1. The third-order valence-electron chi connectivity index (χ3n) is 2.09. The number of hydrogen-bond donors (Lipinski definition) is 2. The van der Waals surface area contributed by atoms with Gasteiger partial charge in [0.2, 0.25) is 11.0 Å². The number of hydrogen-bond acceptors (Lipinski definition) is 5. The van der Waals surface area contributed by atoms with Crippen molar-refractivity contribution in [2.24, 2.45) is 5.92 Å². The predicted octanol–water partition coefficient (Wildman–Crippen LogP) is 1.84. The van der Waals surface area contributed by atoms with Gasteiger partial charge in [0, 0.05) is 12.8 Å². The summed E-state index contributed by atoms with van der Waals surface area (Å²) < 4.78 is 0. The largest absolute Gasteiger partial charge is 0.393 e. The van der Waals surface area contributed by atoms with E-state index in [1.807, 2.05) is 0 Å². The maximum absolute atomic E-state index is 11.5. The molecule has 5 nitrogen and oxygen atoms in total. The summed E-state index contributed by atoms with van der Waals surface area (Å²) in [5.41, 5.74) is 0. The van der Waals surface area contributed by atoms with Gasteiger partial charge in [-0.3, -0.25) is 4.79 Å². The number of aromatic nitrogens is 2. The number of carbonyl (C=O) groups is 1. The first-order chi connectivity index (χ1) is 7.97. The predicted molar refractivity (Wildman–Crippen MR) is 68.0 cm³/mol. The van der Waals surface area contributed by atoms with Crippen LogP contribution in [0.3, 0.4) is 0 Å². The first-order valence-corrected chi connectivity index (χ1v) is 6.59. The Balaban J connectivity index is 2.40. The molecule has 0 saturated heterocycles. The molecule has 0 aliphatic carbocycles. The maximum atomic E-state index is 11.5. The number of nitrogens with zero attached hydrogens (tertiary/aromatic N) is 2. The van der Waals surface area contributed by atoms with Crippen molar-refractivity contribution in [2.75, 3.05) is 5.32 Å². The molecule has 0 aliphatic heterocycles. The average molecular weight is 257 g/mol. The first-order valence-electron chi connectivity index (χ1n) is 5.77. The van der Waals surface area contributed by atoms with Gasteiger partial charge in [-0.25, -0.2) is 0 Å². The highest BCUT2D eigenvalue weighted by molar-refractivity contribution is 7.15. The smallest absolute Gasteiger partial charge is 0.226 e. The first kappa shape index (κ1) is 14.1. The van der Waals surface area contributed by atoms with E-state index in [1.165, 1.54) is 11.3 Å². The van der Waals surface area contributed by atoms with Gasteiger partial charge in [-0.1, -0.05) is 25.2 Å². The molecule has 96 valence electrons. The molecule has 1 heterocycles. The summed E-state index contributed by atoms with van der Waals surface area (Å²) in [4.78, 5) is 11.5. The minimum Gasteiger partial charge on any atom is -0.393 e. The van der Waals surface area contributed by atoms with E-state index in [0.29, 0.717) is 23.9 Å². The summed E-state index contributed by atoms with van der Waals surface area (Å²) in [6, 6.07) is 0. The fourth-order valence-corrected chi connectivity index (χ4v) is 2.23. The van der Waals surface area contributed by atoms with Crippen molar-refractivity contribution in [3.8, 4) is 0 Å². The van der Waals surface area contributed by atoms with Crippen molar-refractivity contribution in [3.63, 3.8) is 0 Å². The van der Waals surface area contributed by atoms with Gasteiger partial charge in [-0.05, 0) is 19.3 Å². The minimum absolute atomic E-state index is 0.127. The van der Waals surface area contributed by atoms with Crippen LogP contribution in [0.2, 0.25) is 0 Å². The van der Waals surface area contributed by atoms with E-state index in [0.717, 1.165) is 11.4 Å². The summed E-state index contributed by atoms with van der Waals surface area (Å²) in [5, 5.41) is 21.1. The molecule has 0 spiro atoms. The summed E-state index contributed by atoms with van der Waals surface area (Å²) in [7, 11) is 0. The lowest BCUT2D eigenvalue weighted by Gasteiger charge is -2.03. The highest BCUT2D eigenvalue weighted by Crippen LogP contribution is 2.18. The summed E-state index contributed by atoms with van der Waals surface area (Å²) >= 11 is 1.41. The van der Waals surface area contributed by atoms with Gasteiger partial charge in [0.15, 0.2) is 0 Å². The van der Waals surface area contributed by atoms with Crippen molar-refractivity contribution in [1.29, 1.82) is 0 Å². The van der Waals surface area contributed by atoms with E-state index in [9.17, 15) is 4.79 Å². The molecule has 0 saturated carbocycles. The Hall–Kier alpha value is -1.01. The second kappa shape index (κ2) is 6.66. The standard InChI is InChI=1S/C11H19N3O2S/c1-7(2)6-10-13-14-11(17-10)12-9(16)5-4-8(3)15/h7-8,15H,4-6H2,1-3H3,(H,12,14,16). The second-order valence-corrected chi connectivity index (χ2v) is 5.60. The Morgan fingerprint density at radius 1 is 1.41 bits per heavy atom. The minimum atomic E-state index is -0.452. The topological polar surface area (TPSA) is 75.1 Å². The van der Waals surface area contributed by atoms with Crippen LogP contribution in [0.25, 0.3) is 0 Å². The molecule has 17 heavy (non-hydrogen) atoms. The molecule has 0 aliphatic rings. The Bertz CT molecular complexity index is 363. The van der Waals surface area contributed by atoms with Crippen molar-refractivity contribution in [1.82, 2.24) is 10.2 Å². The van der Waals surface area contributed by atoms with E-state index in [-0.39, 0.29) is 5.91 Å². The Morgan fingerprint density at radius 2 is 2.12 bits per heavy atom. The van der Waals surface area contributed by atoms with Crippen LogP contribution in [-0.2, 0) is 11.2 Å². The van der Waals surface area contributed by atoms with E-state index < -0.39 is 6.10 Å². The van der Waals surface area contributed by atoms with Crippen LogP contribution in [0.4, 0.5) is 5.13 Å². The number of anilines is 1. The Morgan fingerprint density at radius 3 is 2.71 bits per heavy atom. The summed E-state index contributed by atoms with van der Waals surface area (Å²) in [6.07, 6.45) is 1.19.